The summed E-state index contributed by atoms with van der Waals surface area (Å²) in [6, 6.07) is 16.3. The van der Waals surface area contributed by atoms with Crippen LogP contribution in [0.2, 0.25) is 0 Å². The average Bonchev–Trinajstić information content (AvgIpc) is 3.14. The van der Waals surface area contributed by atoms with E-state index in [2.05, 4.69) is 39.1 Å². The molecule has 6 nitrogen and oxygen atoms in total. The van der Waals surface area contributed by atoms with Gasteiger partial charge in [0, 0.05) is 36.6 Å². The van der Waals surface area contributed by atoms with Gasteiger partial charge in [0.2, 0.25) is 0 Å². The smallest absolute Gasteiger partial charge is 0.256 e. The van der Waals surface area contributed by atoms with Crippen LogP contribution < -0.4 is 0 Å². The summed E-state index contributed by atoms with van der Waals surface area (Å²) >= 11 is 0. The van der Waals surface area contributed by atoms with E-state index in [1.807, 2.05) is 36.0 Å². The van der Waals surface area contributed by atoms with Crippen LogP contribution in [0.25, 0.3) is 22.3 Å². The highest BCUT2D eigenvalue weighted by atomic mass is 16.2. The minimum absolute atomic E-state index is 0.00518. The highest BCUT2D eigenvalue weighted by Gasteiger charge is 2.43. The molecular weight excluding hydrogens is 386 g/mol. The fourth-order valence-electron chi connectivity index (χ4n) is 5.41. The third-order valence-electron chi connectivity index (χ3n) is 6.69. The minimum Gasteiger partial charge on any atom is -0.327 e. The summed E-state index contributed by atoms with van der Waals surface area (Å²) in [4.78, 5) is 24.7. The van der Waals surface area contributed by atoms with E-state index in [1.165, 1.54) is 16.8 Å². The van der Waals surface area contributed by atoms with E-state index in [-0.39, 0.29) is 18.0 Å². The van der Waals surface area contributed by atoms with Crippen molar-refractivity contribution in [3.63, 3.8) is 0 Å². The zero-order valence-corrected chi connectivity index (χ0v) is 17.4. The summed E-state index contributed by atoms with van der Waals surface area (Å²) in [6.45, 7) is 0. The molecular formula is C25H23N5O. The maximum Gasteiger partial charge on any atom is 0.256 e. The van der Waals surface area contributed by atoms with Gasteiger partial charge in [-0.25, -0.2) is 0 Å². The maximum absolute atomic E-state index is 13.8. The Morgan fingerprint density at radius 2 is 1.84 bits per heavy atom. The van der Waals surface area contributed by atoms with E-state index in [4.69, 9.17) is 5.10 Å². The molecule has 1 amide bonds. The van der Waals surface area contributed by atoms with Crippen molar-refractivity contribution < 1.29 is 4.79 Å². The number of carbonyl (C=O) groups excluding carboxylic acids is 1. The number of aromatic nitrogens is 4. The molecule has 154 valence electrons. The first-order valence-corrected chi connectivity index (χ1v) is 10.9. The Balaban J connectivity index is 1.46. The molecule has 1 saturated heterocycles. The van der Waals surface area contributed by atoms with Crippen molar-refractivity contribution in [2.75, 3.05) is 0 Å². The van der Waals surface area contributed by atoms with Gasteiger partial charge in [-0.05, 0) is 37.8 Å². The van der Waals surface area contributed by atoms with E-state index in [0.717, 1.165) is 36.9 Å². The average molecular weight is 409 g/mol. The standard InChI is InChI=1S/C25H23N5O/c1-29-24(16-7-3-2-4-8-16)19-15-17-9-5-12-21(23(19)28-29)30(17)25(31)18-10-6-11-20-22(18)27-14-13-26-20/h2-4,6-8,10-11,13-14,17,21H,5,9,12,15H2,1H3/t17-,21+/m1/s1. The number of carbonyl (C=O) groups is 1. The molecule has 6 rings (SSSR count). The van der Waals surface area contributed by atoms with Crippen LogP contribution in [0.4, 0.5) is 0 Å². The van der Waals surface area contributed by atoms with Crippen molar-refractivity contribution in [2.24, 2.45) is 7.05 Å². The van der Waals surface area contributed by atoms with Gasteiger partial charge in [-0.3, -0.25) is 19.4 Å². The minimum atomic E-state index is 0.00518. The van der Waals surface area contributed by atoms with Crippen molar-refractivity contribution in [3.8, 4) is 11.3 Å². The molecule has 2 aromatic heterocycles. The first-order chi connectivity index (χ1) is 15.2. The van der Waals surface area contributed by atoms with E-state index in [9.17, 15) is 4.79 Å². The van der Waals surface area contributed by atoms with Gasteiger partial charge in [-0.2, -0.15) is 5.10 Å². The molecule has 0 N–H and O–H groups in total. The molecule has 1 fully saturated rings. The number of hydrogen-bond acceptors (Lipinski definition) is 4. The predicted octanol–water partition coefficient (Wildman–Crippen LogP) is 4.32. The fourth-order valence-corrected chi connectivity index (χ4v) is 5.41. The lowest BCUT2D eigenvalue weighted by molar-refractivity contribution is 0.0393. The van der Waals surface area contributed by atoms with Crippen molar-refractivity contribution >= 4 is 16.9 Å². The maximum atomic E-state index is 13.8. The van der Waals surface area contributed by atoms with Crippen molar-refractivity contribution in [2.45, 2.75) is 37.8 Å². The number of para-hydroxylation sites is 1. The number of nitrogens with zero attached hydrogens (tertiary/aromatic N) is 5. The molecule has 2 aromatic carbocycles. The second-order valence-electron chi connectivity index (χ2n) is 8.45. The summed E-state index contributed by atoms with van der Waals surface area (Å²) in [5.41, 5.74) is 6.76. The molecule has 4 heterocycles. The van der Waals surface area contributed by atoms with Gasteiger partial charge in [0.25, 0.3) is 5.91 Å². The monoisotopic (exact) mass is 409 g/mol. The quantitative estimate of drug-likeness (QED) is 0.495. The highest BCUT2D eigenvalue weighted by molar-refractivity contribution is 6.05. The molecule has 0 radical (unpaired) electrons. The summed E-state index contributed by atoms with van der Waals surface area (Å²) in [7, 11) is 2.01. The number of piperidine rings is 1. The highest BCUT2D eigenvalue weighted by Crippen LogP contribution is 2.45. The van der Waals surface area contributed by atoms with Crippen LogP contribution in [0.5, 0.6) is 0 Å². The Morgan fingerprint density at radius 3 is 2.71 bits per heavy atom. The van der Waals surface area contributed by atoms with Gasteiger partial charge in [0.05, 0.1) is 28.5 Å². The van der Waals surface area contributed by atoms with Gasteiger partial charge in [0.15, 0.2) is 0 Å². The number of benzene rings is 2. The van der Waals surface area contributed by atoms with Crippen LogP contribution in [-0.4, -0.2) is 36.6 Å². The normalized spacial score (nSPS) is 20.0. The fraction of sp³-hybridized carbons (Fsp3) is 0.280. The molecule has 6 heteroatoms. The molecule has 0 unspecified atom stereocenters. The van der Waals surface area contributed by atoms with E-state index in [1.54, 1.807) is 12.4 Å². The Kier molecular flexibility index (Phi) is 4.13. The summed E-state index contributed by atoms with van der Waals surface area (Å²) in [5, 5.41) is 4.93. The lowest BCUT2D eigenvalue weighted by Crippen LogP contribution is -2.50. The van der Waals surface area contributed by atoms with Crippen LogP contribution in [0.1, 0.15) is 46.9 Å². The van der Waals surface area contributed by atoms with Crippen molar-refractivity contribution in [3.05, 3.63) is 77.7 Å². The Labute approximate surface area is 180 Å². The third kappa shape index (κ3) is 2.78. The summed E-state index contributed by atoms with van der Waals surface area (Å²) < 4.78 is 1.99. The van der Waals surface area contributed by atoms with Crippen molar-refractivity contribution in [1.29, 1.82) is 0 Å². The topological polar surface area (TPSA) is 63.9 Å². The second-order valence-corrected chi connectivity index (χ2v) is 8.45. The van der Waals surface area contributed by atoms with E-state index in [0.29, 0.717) is 11.1 Å². The molecule has 0 spiro atoms. The SMILES string of the molecule is Cn1nc2c(c1-c1ccccc1)C[C@H]1CCC[C@@H]2N1C(=O)c1cccc2nccnc12. The number of fused-ring (bicyclic) bond motifs is 5. The zero-order chi connectivity index (χ0) is 20.9. The number of aryl methyl sites for hydroxylation is 1. The molecule has 2 aliphatic heterocycles. The Morgan fingerprint density at radius 1 is 1.00 bits per heavy atom. The zero-order valence-electron chi connectivity index (χ0n) is 17.4. The summed E-state index contributed by atoms with van der Waals surface area (Å²) in [5.74, 6) is 0.0402. The molecule has 0 aliphatic carbocycles. The Bertz CT molecular complexity index is 1290. The Hall–Kier alpha value is -3.54. The first-order valence-electron chi connectivity index (χ1n) is 10.9. The number of rotatable bonds is 2. The van der Waals surface area contributed by atoms with Crippen LogP contribution in [-0.2, 0) is 13.5 Å². The van der Waals surface area contributed by atoms with Crippen LogP contribution in [0, 0.1) is 0 Å². The van der Waals surface area contributed by atoms with Gasteiger partial charge < -0.3 is 4.90 Å². The lowest BCUT2D eigenvalue weighted by atomic mass is 9.81. The molecule has 2 atom stereocenters. The van der Waals surface area contributed by atoms with Gasteiger partial charge in [-0.15, -0.1) is 0 Å². The second kappa shape index (κ2) is 7.01. The molecule has 2 aliphatic rings. The largest absolute Gasteiger partial charge is 0.327 e. The first kappa shape index (κ1) is 18.2. The number of amides is 1. The predicted molar refractivity (Wildman–Crippen MR) is 118 cm³/mol. The van der Waals surface area contributed by atoms with Gasteiger partial charge in [-0.1, -0.05) is 36.4 Å². The third-order valence-corrected chi connectivity index (χ3v) is 6.69. The van der Waals surface area contributed by atoms with Crippen molar-refractivity contribution in [1.82, 2.24) is 24.6 Å². The van der Waals surface area contributed by atoms with Crippen LogP contribution >= 0.6 is 0 Å². The lowest BCUT2D eigenvalue weighted by Gasteiger charge is -2.45. The molecule has 4 aromatic rings. The molecule has 31 heavy (non-hydrogen) atoms. The van der Waals surface area contributed by atoms with Crippen LogP contribution in [0.3, 0.4) is 0 Å². The number of hydrogen-bond donors (Lipinski definition) is 0. The van der Waals surface area contributed by atoms with Gasteiger partial charge >= 0.3 is 0 Å². The van der Waals surface area contributed by atoms with Crippen LogP contribution in [0.15, 0.2) is 60.9 Å². The summed E-state index contributed by atoms with van der Waals surface area (Å²) in [6.07, 6.45) is 7.23. The van der Waals surface area contributed by atoms with E-state index >= 15 is 0 Å². The molecule has 0 saturated carbocycles. The van der Waals surface area contributed by atoms with E-state index < -0.39 is 0 Å². The van der Waals surface area contributed by atoms with Gasteiger partial charge in [0.1, 0.15) is 5.52 Å². The molecule has 2 bridgehead atoms.